The van der Waals surface area contributed by atoms with Gasteiger partial charge in [-0.05, 0) is 6.42 Å². The first-order chi connectivity index (χ1) is 18.0. The number of carbonyl (C=O) groups excluding carboxylic acids is 1. The number of carbonyl (C=O) groups is 1. The molecule has 0 radical (unpaired) electrons. The summed E-state index contributed by atoms with van der Waals surface area (Å²) >= 11 is 0. The third-order valence-electron chi connectivity index (χ3n) is 6.94. The molecule has 8 nitrogen and oxygen atoms in total. The normalized spacial score (nSPS) is 17.3. The standard InChI is InChI=1S/C29H54O8/c1-2-3-4-5-6-7-8-9-10-11-12-13-14-15-16-17-18-19-20-35-24(21-30)23-36-28-26(33)29(34)37-27(28)25(32)22-31/h24-25,27,30-33H,2-23H2,1H3/t24?,25-,27+/m0/s1. The quantitative estimate of drug-likeness (QED) is 0.0857. The van der Waals surface area contributed by atoms with E-state index in [1.807, 2.05) is 0 Å². The zero-order valence-electron chi connectivity index (χ0n) is 23.2. The minimum absolute atomic E-state index is 0.111. The maximum absolute atomic E-state index is 11.5. The molecule has 1 unspecified atom stereocenters. The number of aliphatic hydroxyl groups excluding tert-OH is 4. The first kappa shape index (κ1) is 33.7. The Labute approximate surface area is 224 Å². The van der Waals surface area contributed by atoms with Gasteiger partial charge in [-0.2, -0.15) is 0 Å². The molecular formula is C29H54O8. The van der Waals surface area contributed by atoms with Crippen molar-refractivity contribution in [3.63, 3.8) is 0 Å². The van der Waals surface area contributed by atoms with Gasteiger partial charge < -0.3 is 34.6 Å². The van der Waals surface area contributed by atoms with Gasteiger partial charge in [-0.15, -0.1) is 0 Å². The molecule has 0 aromatic rings. The summed E-state index contributed by atoms with van der Waals surface area (Å²) in [6.45, 7) is 1.70. The van der Waals surface area contributed by atoms with Crippen LogP contribution in [-0.4, -0.2) is 71.1 Å². The molecular weight excluding hydrogens is 476 g/mol. The summed E-state index contributed by atoms with van der Waals surface area (Å²) in [7, 11) is 0. The maximum Gasteiger partial charge on any atom is 0.378 e. The highest BCUT2D eigenvalue weighted by Crippen LogP contribution is 2.25. The molecule has 0 fully saturated rings. The van der Waals surface area contributed by atoms with E-state index in [2.05, 4.69) is 6.92 Å². The number of unbranched alkanes of at least 4 members (excludes halogenated alkanes) is 17. The second kappa shape index (κ2) is 22.6. The van der Waals surface area contributed by atoms with Crippen LogP contribution in [0, 0.1) is 0 Å². The van der Waals surface area contributed by atoms with Crippen molar-refractivity contribution in [2.24, 2.45) is 0 Å². The average molecular weight is 531 g/mol. The molecule has 0 aromatic carbocycles. The summed E-state index contributed by atoms with van der Waals surface area (Å²) in [6, 6.07) is 0. The lowest BCUT2D eigenvalue weighted by molar-refractivity contribution is -0.148. The molecule has 0 aromatic heterocycles. The van der Waals surface area contributed by atoms with E-state index in [0.717, 1.165) is 12.8 Å². The fourth-order valence-electron chi connectivity index (χ4n) is 4.55. The lowest BCUT2D eigenvalue weighted by Gasteiger charge is -2.21. The van der Waals surface area contributed by atoms with Gasteiger partial charge in [-0.1, -0.05) is 116 Å². The highest BCUT2D eigenvalue weighted by Gasteiger charge is 2.40. The number of rotatable bonds is 26. The van der Waals surface area contributed by atoms with Crippen LogP contribution in [-0.2, 0) is 19.0 Å². The molecule has 0 saturated carbocycles. The van der Waals surface area contributed by atoms with Crippen LogP contribution in [0.2, 0.25) is 0 Å². The largest absolute Gasteiger partial charge is 0.499 e. The molecule has 0 saturated heterocycles. The number of cyclic esters (lactones) is 1. The molecule has 1 aliphatic rings. The molecule has 218 valence electrons. The Balaban J connectivity index is 1.94. The van der Waals surface area contributed by atoms with Crippen molar-refractivity contribution in [2.75, 3.05) is 26.4 Å². The van der Waals surface area contributed by atoms with Crippen molar-refractivity contribution in [3.05, 3.63) is 11.5 Å². The van der Waals surface area contributed by atoms with Gasteiger partial charge in [0.15, 0.2) is 11.9 Å². The van der Waals surface area contributed by atoms with E-state index >= 15 is 0 Å². The van der Waals surface area contributed by atoms with Crippen molar-refractivity contribution in [1.29, 1.82) is 0 Å². The van der Waals surface area contributed by atoms with Crippen LogP contribution in [0.4, 0.5) is 0 Å². The smallest absolute Gasteiger partial charge is 0.378 e. The fourth-order valence-corrected chi connectivity index (χ4v) is 4.55. The second-order valence-electron chi connectivity index (χ2n) is 10.3. The summed E-state index contributed by atoms with van der Waals surface area (Å²) < 4.78 is 15.8. The average Bonchev–Trinajstić information content (AvgIpc) is 3.19. The highest BCUT2D eigenvalue weighted by molar-refractivity contribution is 5.89. The van der Waals surface area contributed by atoms with Crippen molar-refractivity contribution in [1.82, 2.24) is 0 Å². The van der Waals surface area contributed by atoms with Crippen LogP contribution < -0.4 is 0 Å². The van der Waals surface area contributed by atoms with Crippen LogP contribution in [0.15, 0.2) is 11.5 Å². The molecule has 3 atom stereocenters. The Morgan fingerprint density at radius 3 is 1.65 bits per heavy atom. The second-order valence-corrected chi connectivity index (χ2v) is 10.3. The van der Waals surface area contributed by atoms with Crippen molar-refractivity contribution >= 4 is 5.97 Å². The molecule has 0 amide bonds. The van der Waals surface area contributed by atoms with E-state index in [4.69, 9.17) is 19.3 Å². The van der Waals surface area contributed by atoms with Crippen LogP contribution in [0.25, 0.3) is 0 Å². The van der Waals surface area contributed by atoms with E-state index in [1.165, 1.54) is 103 Å². The van der Waals surface area contributed by atoms with Gasteiger partial charge in [0.05, 0.1) is 13.2 Å². The predicted octanol–water partition coefficient (Wildman–Crippen LogP) is 5.47. The first-order valence-electron chi connectivity index (χ1n) is 14.8. The molecule has 0 aliphatic carbocycles. The van der Waals surface area contributed by atoms with Crippen molar-refractivity contribution in [2.45, 2.75) is 141 Å². The van der Waals surface area contributed by atoms with Gasteiger partial charge in [-0.3, -0.25) is 0 Å². The minimum Gasteiger partial charge on any atom is -0.499 e. The molecule has 1 heterocycles. The van der Waals surface area contributed by atoms with Gasteiger partial charge in [-0.25, -0.2) is 4.79 Å². The lowest BCUT2D eigenvalue weighted by Crippen LogP contribution is -2.34. The number of hydrogen-bond donors (Lipinski definition) is 4. The topological polar surface area (TPSA) is 126 Å². The first-order valence-corrected chi connectivity index (χ1v) is 14.8. The zero-order valence-corrected chi connectivity index (χ0v) is 23.2. The van der Waals surface area contributed by atoms with Crippen LogP contribution in [0.5, 0.6) is 0 Å². The summed E-state index contributed by atoms with van der Waals surface area (Å²) in [6.07, 6.45) is 20.3. The Kier molecular flexibility index (Phi) is 20.6. The molecule has 4 N–H and O–H groups in total. The highest BCUT2D eigenvalue weighted by atomic mass is 16.6. The fraction of sp³-hybridized carbons (Fsp3) is 0.897. The Morgan fingerprint density at radius 2 is 1.22 bits per heavy atom. The zero-order chi connectivity index (χ0) is 27.1. The van der Waals surface area contributed by atoms with E-state index in [1.54, 1.807) is 0 Å². The molecule has 1 rings (SSSR count). The number of ether oxygens (including phenoxy) is 3. The predicted molar refractivity (Wildman–Crippen MR) is 144 cm³/mol. The molecule has 0 bridgehead atoms. The van der Waals surface area contributed by atoms with Crippen LogP contribution in [0.3, 0.4) is 0 Å². The maximum atomic E-state index is 11.5. The van der Waals surface area contributed by atoms with Crippen LogP contribution in [0.1, 0.15) is 122 Å². The minimum atomic E-state index is -1.41. The summed E-state index contributed by atoms with van der Waals surface area (Å²) in [4.78, 5) is 11.5. The molecule has 8 heteroatoms. The van der Waals surface area contributed by atoms with Crippen LogP contribution >= 0.6 is 0 Å². The van der Waals surface area contributed by atoms with Gasteiger partial charge in [0.1, 0.15) is 18.8 Å². The third kappa shape index (κ3) is 15.6. The Bertz CT molecular complexity index is 594. The lowest BCUT2D eigenvalue weighted by atomic mass is 10.0. The van der Waals surface area contributed by atoms with Gasteiger partial charge in [0.2, 0.25) is 5.76 Å². The van der Waals surface area contributed by atoms with Crippen molar-refractivity contribution in [3.8, 4) is 0 Å². The number of esters is 1. The Morgan fingerprint density at radius 1 is 0.757 bits per heavy atom. The molecule has 0 spiro atoms. The van der Waals surface area contributed by atoms with E-state index < -0.39 is 36.6 Å². The summed E-state index contributed by atoms with van der Waals surface area (Å²) in [5.74, 6) is -2.01. The van der Waals surface area contributed by atoms with Gasteiger partial charge >= 0.3 is 5.97 Å². The van der Waals surface area contributed by atoms with Crippen molar-refractivity contribution < 1.29 is 39.4 Å². The summed E-state index contributed by atoms with van der Waals surface area (Å²) in [5, 5.41) is 38.1. The Hall–Kier alpha value is -1.35. The van der Waals surface area contributed by atoms with Gasteiger partial charge in [0.25, 0.3) is 0 Å². The van der Waals surface area contributed by atoms with E-state index in [0.29, 0.717) is 6.61 Å². The van der Waals surface area contributed by atoms with Gasteiger partial charge in [0, 0.05) is 6.61 Å². The molecule has 37 heavy (non-hydrogen) atoms. The SMILES string of the molecule is CCCCCCCCCCCCCCCCCCCCOC(CO)COC1=C(O)C(=O)O[C@@H]1[C@@H](O)CO. The number of hydrogen-bond acceptors (Lipinski definition) is 8. The molecule has 1 aliphatic heterocycles. The monoisotopic (exact) mass is 530 g/mol. The van der Waals surface area contributed by atoms with E-state index in [-0.39, 0.29) is 19.0 Å². The third-order valence-corrected chi connectivity index (χ3v) is 6.94. The number of aliphatic hydroxyl groups is 4. The summed E-state index contributed by atoms with van der Waals surface area (Å²) in [5.41, 5.74) is 0. The van der Waals surface area contributed by atoms with E-state index in [9.17, 15) is 20.1 Å².